The summed E-state index contributed by atoms with van der Waals surface area (Å²) < 4.78 is 17.3. The molecule has 5 rings (SSSR count). The Morgan fingerprint density at radius 1 is 0.900 bits per heavy atom. The Morgan fingerprint density at radius 3 is 2.48 bits per heavy atom. The van der Waals surface area contributed by atoms with Crippen molar-refractivity contribution in [3.05, 3.63) is 108 Å². The smallest absolute Gasteiger partial charge is 0.274 e. The molecule has 0 spiro atoms. The molecule has 1 aromatic heterocycles. The first kappa shape index (κ1) is 26.5. The third-order valence-electron chi connectivity index (χ3n) is 6.53. The third kappa shape index (κ3) is 5.82. The fraction of sp³-hybridized carbons (Fsp3) is 0.125. The quantitative estimate of drug-likeness (QED) is 0.147. The maximum Gasteiger partial charge on any atom is 0.274 e. The number of carbonyl (C=O) groups excluding carboxylic acids is 1. The van der Waals surface area contributed by atoms with Gasteiger partial charge in [0.2, 0.25) is 0 Å². The van der Waals surface area contributed by atoms with E-state index in [2.05, 4.69) is 22.4 Å². The molecule has 0 aliphatic rings. The van der Waals surface area contributed by atoms with E-state index >= 15 is 0 Å². The highest BCUT2D eigenvalue weighted by Crippen LogP contribution is 2.35. The van der Waals surface area contributed by atoms with Crippen molar-refractivity contribution in [2.75, 3.05) is 32.7 Å². The number of methoxy groups -OCH3 is 2. The minimum absolute atomic E-state index is 0.331. The molecule has 0 saturated carbocycles. The number of rotatable bonds is 10. The Kier molecular flexibility index (Phi) is 8.08. The van der Waals surface area contributed by atoms with Crippen LogP contribution in [0.2, 0.25) is 0 Å². The summed E-state index contributed by atoms with van der Waals surface area (Å²) in [5.41, 5.74) is 5.47. The van der Waals surface area contributed by atoms with Gasteiger partial charge in [0.25, 0.3) is 5.91 Å². The summed E-state index contributed by atoms with van der Waals surface area (Å²) in [5.74, 6) is 1.49. The summed E-state index contributed by atoms with van der Waals surface area (Å²) >= 11 is 0. The molecule has 202 valence electrons. The van der Waals surface area contributed by atoms with Crippen LogP contribution in [0, 0.1) is 0 Å². The normalized spacial score (nSPS) is 11.3. The van der Waals surface area contributed by atoms with Gasteiger partial charge in [0.1, 0.15) is 12.4 Å². The monoisotopic (exact) mass is 535 g/mol. The number of anilines is 1. The Hall–Kier alpha value is -5.08. The summed E-state index contributed by atoms with van der Waals surface area (Å²) in [6.45, 7) is 0.807. The SMILES string of the molecule is COc1ccc2ncc(NCC(=Cc3ccc(C(=O)NO)cc3)COc3cccc4ccccc34)cc2c1OC. The van der Waals surface area contributed by atoms with E-state index in [1.54, 1.807) is 38.0 Å². The highest BCUT2D eigenvalue weighted by Gasteiger charge is 2.11. The fourth-order valence-corrected chi connectivity index (χ4v) is 4.50. The van der Waals surface area contributed by atoms with Crippen LogP contribution in [0.15, 0.2) is 96.7 Å². The Labute approximate surface area is 231 Å². The average Bonchev–Trinajstić information content (AvgIpc) is 3.01. The Balaban J connectivity index is 1.42. The fourth-order valence-electron chi connectivity index (χ4n) is 4.50. The standard InChI is InChI=1S/C32H29N3O5/c1-38-30-15-14-28-27(31(30)39-2)17-25(19-34-28)33-18-22(16-21-10-12-24(13-11-21)32(36)35-37)20-40-29-9-5-7-23-6-3-4-8-26(23)29/h3-17,19,33,37H,18,20H2,1-2H3,(H,35,36). The van der Waals surface area contributed by atoms with Crippen LogP contribution < -0.4 is 25.0 Å². The molecule has 0 aliphatic carbocycles. The topological polar surface area (TPSA) is 102 Å². The molecule has 0 aliphatic heterocycles. The van der Waals surface area contributed by atoms with E-state index in [9.17, 15) is 4.79 Å². The number of carbonyl (C=O) groups is 1. The van der Waals surface area contributed by atoms with Crippen LogP contribution in [0.1, 0.15) is 15.9 Å². The van der Waals surface area contributed by atoms with Gasteiger partial charge in [-0.25, -0.2) is 5.48 Å². The lowest BCUT2D eigenvalue weighted by Crippen LogP contribution is -2.18. The first-order chi connectivity index (χ1) is 19.6. The summed E-state index contributed by atoms with van der Waals surface area (Å²) in [6, 6.07) is 26.7. The molecule has 5 aromatic rings. The van der Waals surface area contributed by atoms with Crippen LogP contribution in [0.5, 0.6) is 17.2 Å². The van der Waals surface area contributed by atoms with Gasteiger partial charge in [-0.15, -0.1) is 0 Å². The molecule has 1 heterocycles. The summed E-state index contributed by atoms with van der Waals surface area (Å²) in [4.78, 5) is 16.3. The lowest BCUT2D eigenvalue weighted by Gasteiger charge is -2.15. The zero-order chi connectivity index (χ0) is 27.9. The molecule has 0 atom stereocenters. The second kappa shape index (κ2) is 12.2. The molecule has 0 bridgehead atoms. The molecular weight excluding hydrogens is 506 g/mol. The Bertz CT molecular complexity index is 1680. The third-order valence-corrected chi connectivity index (χ3v) is 6.53. The number of nitrogens with zero attached hydrogens (tertiary/aromatic N) is 1. The minimum Gasteiger partial charge on any atom is -0.493 e. The van der Waals surface area contributed by atoms with Crippen LogP contribution in [-0.2, 0) is 0 Å². The molecule has 8 heteroatoms. The number of aromatic nitrogens is 1. The van der Waals surface area contributed by atoms with Gasteiger partial charge in [-0.3, -0.25) is 15.0 Å². The predicted octanol–water partition coefficient (Wildman–Crippen LogP) is 6.10. The van der Waals surface area contributed by atoms with E-state index < -0.39 is 5.91 Å². The number of fused-ring (bicyclic) bond motifs is 2. The highest BCUT2D eigenvalue weighted by atomic mass is 16.5. The minimum atomic E-state index is -0.562. The molecule has 1 amide bonds. The van der Waals surface area contributed by atoms with E-state index in [-0.39, 0.29) is 0 Å². The second-order valence-corrected chi connectivity index (χ2v) is 9.08. The van der Waals surface area contributed by atoms with Crippen molar-refractivity contribution < 1.29 is 24.2 Å². The molecule has 3 N–H and O–H groups in total. The van der Waals surface area contributed by atoms with E-state index in [1.807, 2.05) is 66.7 Å². The van der Waals surface area contributed by atoms with Crippen LogP contribution in [0.25, 0.3) is 27.8 Å². The van der Waals surface area contributed by atoms with Gasteiger partial charge < -0.3 is 19.5 Å². The van der Waals surface area contributed by atoms with Gasteiger partial charge in [0.15, 0.2) is 11.5 Å². The van der Waals surface area contributed by atoms with Gasteiger partial charge in [-0.1, -0.05) is 54.6 Å². The number of amides is 1. The number of hydroxylamine groups is 1. The van der Waals surface area contributed by atoms with Crippen LogP contribution in [0.4, 0.5) is 5.69 Å². The van der Waals surface area contributed by atoms with Crippen LogP contribution >= 0.6 is 0 Å². The maximum absolute atomic E-state index is 11.7. The van der Waals surface area contributed by atoms with Crippen molar-refractivity contribution in [2.24, 2.45) is 0 Å². The molecule has 0 unspecified atom stereocenters. The molecule has 4 aromatic carbocycles. The molecule has 40 heavy (non-hydrogen) atoms. The van der Waals surface area contributed by atoms with Gasteiger partial charge in [-0.2, -0.15) is 0 Å². The number of hydrogen-bond acceptors (Lipinski definition) is 7. The number of benzene rings is 4. The van der Waals surface area contributed by atoms with Crippen molar-refractivity contribution in [1.82, 2.24) is 10.5 Å². The van der Waals surface area contributed by atoms with Crippen molar-refractivity contribution in [1.29, 1.82) is 0 Å². The molecule has 0 radical (unpaired) electrons. The zero-order valence-electron chi connectivity index (χ0n) is 22.2. The van der Waals surface area contributed by atoms with Crippen molar-refractivity contribution in [3.8, 4) is 17.2 Å². The number of ether oxygens (including phenoxy) is 3. The Morgan fingerprint density at radius 2 is 1.70 bits per heavy atom. The van der Waals surface area contributed by atoms with E-state index in [1.165, 1.54) is 0 Å². The largest absolute Gasteiger partial charge is 0.493 e. The number of hydrogen-bond donors (Lipinski definition) is 3. The molecular formula is C32H29N3O5. The first-order valence-electron chi connectivity index (χ1n) is 12.7. The van der Waals surface area contributed by atoms with Gasteiger partial charge in [-0.05, 0) is 52.9 Å². The van der Waals surface area contributed by atoms with Crippen molar-refractivity contribution >= 4 is 39.3 Å². The van der Waals surface area contributed by atoms with Crippen molar-refractivity contribution in [2.45, 2.75) is 0 Å². The molecule has 0 fully saturated rings. The molecule has 0 saturated heterocycles. The second-order valence-electron chi connectivity index (χ2n) is 9.08. The average molecular weight is 536 g/mol. The number of pyridine rings is 1. The van der Waals surface area contributed by atoms with E-state index in [0.29, 0.717) is 30.2 Å². The summed E-state index contributed by atoms with van der Waals surface area (Å²) in [5, 5.41) is 15.3. The summed E-state index contributed by atoms with van der Waals surface area (Å²) in [6.07, 6.45) is 3.79. The van der Waals surface area contributed by atoms with Crippen LogP contribution in [0.3, 0.4) is 0 Å². The number of nitrogens with one attached hydrogen (secondary N) is 2. The van der Waals surface area contributed by atoms with Crippen LogP contribution in [-0.4, -0.2) is 43.5 Å². The maximum atomic E-state index is 11.7. The van der Waals surface area contributed by atoms with Gasteiger partial charge >= 0.3 is 0 Å². The lowest BCUT2D eigenvalue weighted by molar-refractivity contribution is 0.0706. The van der Waals surface area contributed by atoms with E-state index in [0.717, 1.165) is 44.2 Å². The lowest BCUT2D eigenvalue weighted by atomic mass is 10.1. The molecule has 8 nitrogen and oxygen atoms in total. The first-order valence-corrected chi connectivity index (χ1v) is 12.7. The summed E-state index contributed by atoms with van der Waals surface area (Å²) in [7, 11) is 3.22. The zero-order valence-corrected chi connectivity index (χ0v) is 22.2. The van der Waals surface area contributed by atoms with Gasteiger partial charge in [0, 0.05) is 22.9 Å². The van der Waals surface area contributed by atoms with Gasteiger partial charge in [0.05, 0.1) is 31.6 Å². The van der Waals surface area contributed by atoms with Crippen molar-refractivity contribution in [3.63, 3.8) is 0 Å². The van der Waals surface area contributed by atoms with E-state index in [4.69, 9.17) is 19.4 Å². The predicted molar refractivity (Wildman–Crippen MR) is 156 cm³/mol. The highest BCUT2D eigenvalue weighted by molar-refractivity contribution is 5.93.